The summed E-state index contributed by atoms with van der Waals surface area (Å²) in [6, 6.07) is 9.49. The Morgan fingerprint density at radius 2 is 1.96 bits per heavy atom. The van der Waals surface area contributed by atoms with Gasteiger partial charge in [0.15, 0.2) is 0 Å². The highest BCUT2D eigenvalue weighted by atomic mass is 32.2. The average Bonchev–Trinajstić information content (AvgIpc) is 3.18. The Bertz CT molecular complexity index is 823. The van der Waals surface area contributed by atoms with E-state index in [-0.39, 0.29) is 10.3 Å². The quantitative estimate of drug-likeness (QED) is 0.746. The van der Waals surface area contributed by atoms with Gasteiger partial charge >= 0.3 is 0 Å². The van der Waals surface area contributed by atoms with Crippen LogP contribution >= 0.6 is 11.3 Å². The van der Waals surface area contributed by atoms with Gasteiger partial charge in [-0.25, -0.2) is 13.1 Å². The van der Waals surface area contributed by atoms with Gasteiger partial charge in [0, 0.05) is 16.8 Å². The summed E-state index contributed by atoms with van der Waals surface area (Å²) in [5, 5.41) is 2.08. The molecule has 2 aromatic rings. The summed E-state index contributed by atoms with van der Waals surface area (Å²) < 4.78 is 34.5. The van der Waals surface area contributed by atoms with Gasteiger partial charge in [-0.2, -0.15) is 0 Å². The van der Waals surface area contributed by atoms with Gasteiger partial charge in [-0.3, -0.25) is 0 Å². The van der Waals surface area contributed by atoms with Gasteiger partial charge in [0.1, 0.15) is 10.6 Å². The second kappa shape index (κ2) is 8.11. The Balaban J connectivity index is 1.86. The average molecular weight is 394 g/mol. The highest BCUT2D eigenvalue weighted by Gasteiger charge is 2.36. The number of hydrogen-bond donors (Lipinski definition) is 1. The number of benzene rings is 1. The van der Waals surface area contributed by atoms with Crippen LogP contribution in [0.15, 0.2) is 40.6 Å². The van der Waals surface area contributed by atoms with Crippen LogP contribution in [-0.2, 0) is 15.4 Å². The Hall–Kier alpha value is -1.37. The molecule has 4 nitrogen and oxygen atoms in total. The maximum atomic E-state index is 13.0. The van der Waals surface area contributed by atoms with Gasteiger partial charge in [0.25, 0.3) is 0 Å². The van der Waals surface area contributed by atoms with Crippen molar-refractivity contribution in [3.05, 3.63) is 46.2 Å². The lowest BCUT2D eigenvalue weighted by Crippen LogP contribution is -2.41. The third-order valence-electron chi connectivity index (χ3n) is 5.14. The Labute approximate surface area is 160 Å². The second-order valence-electron chi connectivity index (χ2n) is 7.03. The first kappa shape index (κ1) is 19.4. The molecule has 0 amide bonds. The number of sulfonamides is 1. The molecule has 1 aromatic heterocycles. The lowest BCUT2D eigenvalue weighted by atomic mass is 9.73. The minimum atomic E-state index is -3.63. The van der Waals surface area contributed by atoms with Gasteiger partial charge in [-0.15, -0.1) is 11.3 Å². The van der Waals surface area contributed by atoms with Crippen molar-refractivity contribution in [2.45, 2.75) is 56.3 Å². The van der Waals surface area contributed by atoms with E-state index in [2.05, 4.69) is 22.2 Å². The number of aryl methyl sites for hydroxylation is 1. The monoisotopic (exact) mass is 393 g/mol. The number of rotatable bonds is 7. The summed E-state index contributed by atoms with van der Waals surface area (Å²) in [7, 11) is -3.63. The largest absolute Gasteiger partial charge is 0.492 e. The first-order chi connectivity index (χ1) is 12.5. The van der Waals surface area contributed by atoms with Crippen LogP contribution in [0.2, 0.25) is 0 Å². The number of thiophene rings is 1. The summed E-state index contributed by atoms with van der Waals surface area (Å²) in [4.78, 5) is 1.52. The zero-order valence-electron chi connectivity index (χ0n) is 15.5. The predicted molar refractivity (Wildman–Crippen MR) is 107 cm³/mol. The van der Waals surface area contributed by atoms with Crippen molar-refractivity contribution in [3.8, 4) is 5.75 Å². The normalized spacial score (nSPS) is 17.2. The summed E-state index contributed by atoms with van der Waals surface area (Å²) in [6.07, 6.45) is 5.58. The van der Waals surface area contributed by atoms with E-state index in [4.69, 9.17) is 4.74 Å². The van der Waals surface area contributed by atoms with Crippen molar-refractivity contribution in [2.75, 3.05) is 13.2 Å². The Morgan fingerprint density at radius 1 is 1.19 bits per heavy atom. The van der Waals surface area contributed by atoms with Gasteiger partial charge in [-0.1, -0.05) is 31.4 Å². The molecule has 0 aliphatic heterocycles. The van der Waals surface area contributed by atoms with Crippen LogP contribution in [0.4, 0.5) is 0 Å². The van der Waals surface area contributed by atoms with Crippen LogP contribution in [-0.4, -0.2) is 21.6 Å². The fraction of sp³-hybridized carbons (Fsp3) is 0.500. The highest BCUT2D eigenvalue weighted by molar-refractivity contribution is 7.89. The van der Waals surface area contributed by atoms with E-state index in [9.17, 15) is 8.42 Å². The summed E-state index contributed by atoms with van der Waals surface area (Å²) in [6.45, 7) is 4.63. The third kappa shape index (κ3) is 4.13. The molecule has 1 saturated carbocycles. The minimum absolute atomic E-state index is 0.0882. The first-order valence-electron chi connectivity index (χ1n) is 9.24. The number of hydrogen-bond acceptors (Lipinski definition) is 4. The molecule has 0 unspecified atom stereocenters. The molecule has 1 aliphatic carbocycles. The number of nitrogens with one attached hydrogen (secondary N) is 1. The maximum absolute atomic E-state index is 13.0. The van der Waals surface area contributed by atoms with Crippen LogP contribution < -0.4 is 9.46 Å². The summed E-state index contributed by atoms with van der Waals surface area (Å²) in [5.41, 5.74) is 0.814. The van der Waals surface area contributed by atoms with E-state index in [0.717, 1.165) is 31.2 Å². The number of ether oxygens (including phenoxy) is 1. The van der Waals surface area contributed by atoms with Crippen LogP contribution in [0.5, 0.6) is 5.75 Å². The SMILES string of the molecule is CCOc1ccc(C)cc1S(=O)(=O)NCC1(c2cccs2)CCCCC1. The fourth-order valence-electron chi connectivity index (χ4n) is 3.73. The van der Waals surface area contributed by atoms with Crippen molar-refractivity contribution in [3.63, 3.8) is 0 Å². The molecule has 0 radical (unpaired) electrons. The van der Waals surface area contributed by atoms with Crippen molar-refractivity contribution >= 4 is 21.4 Å². The van der Waals surface area contributed by atoms with E-state index in [1.165, 1.54) is 11.3 Å². The highest BCUT2D eigenvalue weighted by Crippen LogP contribution is 2.41. The minimum Gasteiger partial charge on any atom is -0.492 e. The van der Waals surface area contributed by atoms with Crippen molar-refractivity contribution in [1.29, 1.82) is 0 Å². The van der Waals surface area contributed by atoms with Crippen molar-refractivity contribution in [1.82, 2.24) is 4.72 Å². The molecule has 6 heteroatoms. The smallest absolute Gasteiger partial charge is 0.244 e. The molecule has 26 heavy (non-hydrogen) atoms. The zero-order valence-corrected chi connectivity index (χ0v) is 17.1. The van der Waals surface area contributed by atoms with E-state index >= 15 is 0 Å². The van der Waals surface area contributed by atoms with E-state index in [1.54, 1.807) is 23.5 Å². The van der Waals surface area contributed by atoms with Gasteiger partial charge < -0.3 is 4.74 Å². The topological polar surface area (TPSA) is 55.4 Å². The zero-order chi connectivity index (χ0) is 18.6. The Kier molecular flexibility index (Phi) is 6.05. The van der Waals surface area contributed by atoms with Crippen LogP contribution in [0.25, 0.3) is 0 Å². The summed E-state index contributed by atoms with van der Waals surface area (Å²) in [5.74, 6) is 0.416. The first-order valence-corrected chi connectivity index (χ1v) is 11.6. The lowest BCUT2D eigenvalue weighted by molar-refractivity contribution is 0.297. The molecule has 3 rings (SSSR count). The summed E-state index contributed by atoms with van der Waals surface area (Å²) >= 11 is 1.73. The predicted octanol–water partition coefficient (Wildman–Crippen LogP) is 4.64. The molecule has 142 valence electrons. The molecule has 0 bridgehead atoms. The molecule has 1 aromatic carbocycles. The van der Waals surface area contributed by atoms with Crippen molar-refractivity contribution in [2.24, 2.45) is 0 Å². The molecular weight excluding hydrogens is 366 g/mol. The molecule has 1 heterocycles. The van der Waals surface area contributed by atoms with E-state index < -0.39 is 10.0 Å². The maximum Gasteiger partial charge on any atom is 0.244 e. The van der Waals surface area contributed by atoms with Crippen LogP contribution in [0, 0.1) is 6.92 Å². The molecule has 1 N–H and O–H groups in total. The lowest BCUT2D eigenvalue weighted by Gasteiger charge is -2.36. The molecule has 0 atom stereocenters. The molecule has 0 spiro atoms. The standard InChI is InChI=1S/C20H27NO3S2/c1-3-24-17-10-9-16(2)14-18(17)26(22,23)21-15-20(11-5-4-6-12-20)19-8-7-13-25-19/h7-10,13-14,21H,3-6,11-12,15H2,1-2H3. The van der Waals surface area contributed by atoms with Gasteiger partial charge in [0.2, 0.25) is 10.0 Å². The molecule has 1 aliphatic rings. The molecular formula is C20H27NO3S2. The van der Waals surface area contributed by atoms with E-state index in [1.807, 2.05) is 19.9 Å². The van der Waals surface area contributed by atoms with E-state index in [0.29, 0.717) is 18.9 Å². The van der Waals surface area contributed by atoms with Gasteiger partial charge in [-0.05, 0) is 55.8 Å². The Morgan fingerprint density at radius 3 is 2.62 bits per heavy atom. The van der Waals surface area contributed by atoms with Crippen molar-refractivity contribution < 1.29 is 13.2 Å². The van der Waals surface area contributed by atoms with Crippen LogP contribution in [0.1, 0.15) is 49.5 Å². The van der Waals surface area contributed by atoms with Gasteiger partial charge in [0.05, 0.1) is 6.61 Å². The third-order valence-corrected chi connectivity index (χ3v) is 7.68. The van der Waals surface area contributed by atoms with Crippen LogP contribution in [0.3, 0.4) is 0 Å². The molecule has 0 saturated heterocycles. The second-order valence-corrected chi connectivity index (χ2v) is 9.71. The molecule has 1 fully saturated rings. The fourth-order valence-corrected chi connectivity index (χ4v) is 6.07.